The van der Waals surface area contributed by atoms with Crippen LogP contribution in [0.5, 0.6) is 5.75 Å². The largest absolute Gasteiger partial charge is 0.491 e. The number of amides is 1. The van der Waals surface area contributed by atoms with Crippen molar-refractivity contribution in [3.63, 3.8) is 0 Å². The minimum Gasteiger partial charge on any atom is -0.491 e. The highest BCUT2D eigenvalue weighted by molar-refractivity contribution is 5.96. The van der Waals surface area contributed by atoms with Gasteiger partial charge in [-0.05, 0) is 63.1 Å². The smallest absolute Gasteiger partial charge is 0.252 e. The van der Waals surface area contributed by atoms with Gasteiger partial charge in [0.25, 0.3) is 5.91 Å². The lowest BCUT2D eigenvalue weighted by atomic mass is 10.0. The Morgan fingerprint density at radius 1 is 1.00 bits per heavy atom. The van der Waals surface area contributed by atoms with E-state index in [0.29, 0.717) is 18.7 Å². The van der Waals surface area contributed by atoms with Gasteiger partial charge < -0.3 is 14.6 Å². The molecule has 32 heavy (non-hydrogen) atoms. The summed E-state index contributed by atoms with van der Waals surface area (Å²) >= 11 is 0. The maximum Gasteiger partial charge on any atom is 0.252 e. The monoisotopic (exact) mass is 427 g/mol. The van der Waals surface area contributed by atoms with E-state index in [1.165, 1.54) is 0 Å². The molecule has 164 valence electrons. The zero-order valence-electron chi connectivity index (χ0n) is 19.1. The maximum absolute atomic E-state index is 13.0. The van der Waals surface area contributed by atoms with Crippen LogP contribution in [-0.2, 0) is 6.54 Å². The molecule has 3 aromatic carbocycles. The Kier molecular flexibility index (Phi) is 6.26. The lowest BCUT2D eigenvalue weighted by Crippen LogP contribution is -2.29. The number of imidazole rings is 1. The summed E-state index contributed by atoms with van der Waals surface area (Å²) in [6.45, 7) is 9.15. The molecule has 0 aliphatic heterocycles. The van der Waals surface area contributed by atoms with Crippen molar-refractivity contribution in [2.24, 2.45) is 0 Å². The zero-order chi connectivity index (χ0) is 22.7. The number of para-hydroxylation sites is 3. The number of nitrogens with one attached hydrogen (secondary N) is 1. The summed E-state index contributed by atoms with van der Waals surface area (Å²) < 4.78 is 8.17. The second-order valence-electron chi connectivity index (χ2n) is 8.24. The lowest BCUT2D eigenvalue weighted by molar-refractivity contribution is 0.0937. The van der Waals surface area contributed by atoms with Crippen LogP contribution in [0.25, 0.3) is 11.0 Å². The molecule has 0 saturated heterocycles. The minimum absolute atomic E-state index is 0.0928. The van der Waals surface area contributed by atoms with Gasteiger partial charge in [-0.15, -0.1) is 0 Å². The molecule has 0 saturated carbocycles. The number of hydrogen-bond acceptors (Lipinski definition) is 3. The third-order valence-corrected chi connectivity index (χ3v) is 5.71. The number of hydrogen-bond donors (Lipinski definition) is 1. The average Bonchev–Trinajstić information content (AvgIpc) is 3.14. The molecule has 5 nitrogen and oxygen atoms in total. The van der Waals surface area contributed by atoms with Gasteiger partial charge in [0.15, 0.2) is 0 Å². The summed E-state index contributed by atoms with van der Waals surface area (Å²) in [6.07, 6.45) is 0. The second kappa shape index (κ2) is 9.27. The first kappa shape index (κ1) is 21.6. The van der Waals surface area contributed by atoms with E-state index in [-0.39, 0.29) is 11.9 Å². The van der Waals surface area contributed by atoms with Crippen LogP contribution in [0.15, 0.2) is 66.7 Å². The van der Waals surface area contributed by atoms with Crippen molar-refractivity contribution in [2.45, 2.75) is 40.3 Å². The number of rotatable bonds is 7. The fraction of sp³-hybridized carbons (Fsp3) is 0.259. The normalized spacial score (nSPS) is 12.0. The van der Waals surface area contributed by atoms with Crippen molar-refractivity contribution in [1.82, 2.24) is 14.9 Å². The number of ether oxygens (including phenoxy) is 1. The fourth-order valence-corrected chi connectivity index (χ4v) is 4.03. The van der Waals surface area contributed by atoms with Crippen LogP contribution in [0.2, 0.25) is 0 Å². The van der Waals surface area contributed by atoms with Gasteiger partial charge in [-0.2, -0.15) is 0 Å². The van der Waals surface area contributed by atoms with Gasteiger partial charge in [0.1, 0.15) is 18.2 Å². The van der Waals surface area contributed by atoms with Crippen molar-refractivity contribution in [2.75, 3.05) is 6.61 Å². The summed E-state index contributed by atoms with van der Waals surface area (Å²) in [5.41, 5.74) is 5.84. The van der Waals surface area contributed by atoms with Gasteiger partial charge in [-0.3, -0.25) is 4.79 Å². The van der Waals surface area contributed by atoms with Crippen LogP contribution in [0.4, 0.5) is 0 Å². The molecule has 0 aliphatic rings. The van der Waals surface area contributed by atoms with E-state index in [1.54, 1.807) is 0 Å². The van der Waals surface area contributed by atoms with E-state index in [9.17, 15) is 4.79 Å². The van der Waals surface area contributed by atoms with E-state index in [4.69, 9.17) is 9.72 Å². The topological polar surface area (TPSA) is 56.2 Å². The lowest BCUT2D eigenvalue weighted by Gasteiger charge is -2.18. The Balaban J connectivity index is 1.56. The standard InChI is InChI=1S/C27H29N3O2/c1-18-13-14-22(20(3)17-18)27(31)28-21(4)26-29-23-10-6-7-11-24(23)30(26)15-16-32-25-12-8-5-9-19(25)2/h5-14,17,21H,15-16H2,1-4H3,(H,28,31). The van der Waals surface area contributed by atoms with Crippen LogP contribution >= 0.6 is 0 Å². The first-order valence-corrected chi connectivity index (χ1v) is 11.0. The van der Waals surface area contributed by atoms with Crippen molar-refractivity contribution in [3.8, 4) is 5.75 Å². The van der Waals surface area contributed by atoms with E-state index in [0.717, 1.165) is 39.3 Å². The highest BCUT2D eigenvalue weighted by Gasteiger charge is 2.20. The van der Waals surface area contributed by atoms with Crippen LogP contribution in [0.1, 0.15) is 45.8 Å². The van der Waals surface area contributed by atoms with Crippen molar-refractivity contribution in [3.05, 3.63) is 94.8 Å². The minimum atomic E-state index is -0.255. The van der Waals surface area contributed by atoms with Crippen LogP contribution in [-0.4, -0.2) is 22.1 Å². The number of benzene rings is 3. The van der Waals surface area contributed by atoms with Crippen molar-refractivity contribution >= 4 is 16.9 Å². The van der Waals surface area contributed by atoms with E-state index >= 15 is 0 Å². The van der Waals surface area contributed by atoms with Crippen molar-refractivity contribution in [1.29, 1.82) is 0 Å². The van der Waals surface area contributed by atoms with E-state index in [2.05, 4.69) is 16.0 Å². The summed E-state index contributed by atoms with van der Waals surface area (Å²) in [4.78, 5) is 17.8. The second-order valence-corrected chi connectivity index (χ2v) is 8.24. The third-order valence-electron chi connectivity index (χ3n) is 5.71. The number of nitrogens with zero attached hydrogens (tertiary/aromatic N) is 2. The predicted octanol–water partition coefficient (Wildman–Crippen LogP) is 5.53. The quantitative estimate of drug-likeness (QED) is 0.422. The van der Waals surface area contributed by atoms with Crippen LogP contribution < -0.4 is 10.1 Å². The Morgan fingerprint density at radius 3 is 2.53 bits per heavy atom. The van der Waals surface area contributed by atoms with E-state index < -0.39 is 0 Å². The predicted molar refractivity (Wildman–Crippen MR) is 128 cm³/mol. The highest BCUT2D eigenvalue weighted by atomic mass is 16.5. The zero-order valence-corrected chi connectivity index (χ0v) is 19.1. The molecule has 1 atom stereocenters. The summed E-state index contributed by atoms with van der Waals surface area (Å²) in [7, 11) is 0. The number of fused-ring (bicyclic) bond motifs is 1. The fourth-order valence-electron chi connectivity index (χ4n) is 4.03. The van der Waals surface area contributed by atoms with Gasteiger partial charge in [0.2, 0.25) is 0 Å². The van der Waals surface area contributed by atoms with Gasteiger partial charge >= 0.3 is 0 Å². The van der Waals surface area contributed by atoms with E-state index in [1.807, 2.05) is 88.4 Å². The number of carbonyl (C=O) groups excluding carboxylic acids is 1. The Morgan fingerprint density at radius 2 is 1.75 bits per heavy atom. The van der Waals surface area contributed by atoms with Crippen LogP contribution in [0.3, 0.4) is 0 Å². The Hall–Kier alpha value is -3.60. The molecule has 0 spiro atoms. The molecule has 5 heteroatoms. The first-order valence-electron chi connectivity index (χ1n) is 11.0. The molecule has 0 radical (unpaired) electrons. The van der Waals surface area contributed by atoms with Gasteiger partial charge in [0.05, 0.1) is 23.6 Å². The molecular weight excluding hydrogens is 398 g/mol. The molecule has 1 N–H and O–H groups in total. The molecular formula is C27H29N3O2. The molecule has 0 bridgehead atoms. The van der Waals surface area contributed by atoms with Gasteiger partial charge in [0, 0.05) is 5.56 Å². The van der Waals surface area contributed by atoms with Crippen LogP contribution in [0, 0.1) is 20.8 Å². The molecule has 4 aromatic rings. The summed E-state index contributed by atoms with van der Waals surface area (Å²) in [5.74, 6) is 1.61. The Bertz CT molecular complexity index is 1260. The average molecular weight is 428 g/mol. The molecule has 0 fully saturated rings. The summed E-state index contributed by atoms with van der Waals surface area (Å²) in [5, 5.41) is 3.13. The highest BCUT2D eigenvalue weighted by Crippen LogP contribution is 2.22. The molecule has 0 aliphatic carbocycles. The first-order chi connectivity index (χ1) is 15.4. The SMILES string of the molecule is Cc1ccc(C(=O)NC(C)c2nc3ccccc3n2CCOc2ccccc2C)c(C)c1. The molecule has 1 heterocycles. The number of aromatic nitrogens is 2. The summed E-state index contributed by atoms with van der Waals surface area (Å²) in [6, 6.07) is 21.6. The number of carbonyl (C=O) groups is 1. The molecule has 1 unspecified atom stereocenters. The number of aryl methyl sites for hydroxylation is 3. The molecule has 1 amide bonds. The molecule has 4 rings (SSSR count). The maximum atomic E-state index is 13.0. The Labute approximate surface area is 189 Å². The third kappa shape index (κ3) is 4.52. The van der Waals surface area contributed by atoms with Gasteiger partial charge in [-0.25, -0.2) is 4.98 Å². The molecule has 1 aromatic heterocycles. The van der Waals surface area contributed by atoms with Crippen molar-refractivity contribution < 1.29 is 9.53 Å². The van der Waals surface area contributed by atoms with Gasteiger partial charge in [-0.1, -0.05) is 48.0 Å².